The maximum Gasteiger partial charge on any atom is 0.235 e. The van der Waals surface area contributed by atoms with Crippen LogP contribution in [0.2, 0.25) is 0 Å². The number of nitrogens with zero attached hydrogens (tertiary/aromatic N) is 2. The molecule has 1 aliphatic heterocycles. The normalized spacial score (nSPS) is 16.4. The fraction of sp³-hybridized carbons (Fsp3) is 0.238. The largest absolute Gasteiger partial charge is 0.497 e. The SMILES string of the molecule is COc1ccc(-n2nc(C)c3c2NC(=O)CSC3c2ccc(C)cc2)cc1. The molecule has 0 saturated heterocycles. The molecule has 27 heavy (non-hydrogen) atoms. The molecule has 2 heterocycles. The second-order valence-electron chi connectivity index (χ2n) is 6.61. The van der Waals surface area contributed by atoms with Gasteiger partial charge in [0.15, 0.2) is 0 Å². The minimum absolute atomic E-state index is 0.00877. The zero-order valence-corrected chi connectivity index (χ0v) is 16.3. The van der Waals surface area contributed by atoms with Crippen molar-refractivity contribution in [2.75, 3.05) is 18.2 Å². The number of aromatic nitrogens is 2. The van der Waals surface area contributed by atoms with E-state index in [-0.39, 0.29) is 11.2 Å². The van der Waals surface area contributed by atoms with Crippen molar-refractivity contribution in [3.8, 4) is 11.4 Å². The van der Waals surface area contributed by atoms with Crippen molar-refractivity contribution in [3.63, 3.8) is 0 Å². The van der Waals surface area contributed by atoms with Gasteiger partial charge in [-0.25, -0.2) is 4.68 Å². The Bertz CT molecular complexity index is 978. The van der Waals surface area contributed by atoms with E-state index >= 15 is 0 Å². The number of amides is 1. The first-order valence-corrected chi connectivity index (χ1v) is 9.83. The van der Waals surface area contributed by atoms with E-state index in [1.165, 1.54) is 11.1 Å². The molecule has 1 aliphatic rings. The monoisotopic (exact) mass is 379 g/mol. The summed E-state index contributed by atoms with van der Waals surface area (Å²) in [6.45, 7) is 4.07. The van der Waals surface area contributed by atoms with Gasteiger partial charge < -0.3 is 10.1 Å². The molecule has 6 heteroatoms. The van der Waals surface area contributed by atoms with Crippen molar-refractivity contribution >= 4 is 23.5 Å². The van der Waals surface area contributed by atoms with E-state index in [1.54, 1.807) is 18.9 Å². The van der Waals surface area contributed by atoms with Crippen LogP contribution < -0.4 is 10.1 Å². The Morgan fingerprint density at radius 1 is 1.11 bits per heavy atom. The lowest BCUT2D eigenvalue weighted by molar-refractivity contribution is -0.113. The fourth-order valence-electron chi connectivity index (χ4n) is 3.30. The Labute approximate surface area is 162 Å². The van der Waals surface area contributed by atoms with Crippen LogP contribution in [0.25, 0.3) is 5.69 Å². The van der Waals surface area contributed by atoms with Crippen LogP contribution >= 0.6 is 11.8 Å². The van der Waals surface area contributed by atoms with E-state index in [9.17, 15) is 4.79 Å². The Kier molecular flexibility index (Phi) is 4.66. The number of benzene rings is 2. The van der Waals surface area contributed by atoms with Crippen molar-refractivity contribution < 1.29 is 9.53 Å². The van der Waals surface area contributed by atoms with Gasteiger partial charge in [-0.2, -0.15) is 5.10 Å². The highest BCUT2D eigenvalue weighted by atomic mass is 32.2. The summed E-state index contributed by atoms with van der Waals surface area (Å²) in [4.78, 5) is 12.4. The van der Waals surface area contributed by atoms with E-state index in [4.69, 9.17) is 9.84 Å². The molecule has 1 atom stereocenters. The highest BCUT2D eigenvalue weighted by Gasteiger charge is 2.30. The summed E-state index contributed by atoms with van der Waals surface area (Å²) in [5.41, 5.74) is 5.26. The summed E-state index contributed by atoms with van der Waals surface area (Å²) in [5, 5.41) is 7.86. The molecular formula is C21H21N3O2S. The summed E-state index contributed by atoms with van der Waals surface area (Å²) in [6, 6.07) is 16.2. The number of hydrogen-bond acceptors (Lipinski definition) is 4. The third-order valence-electron chi connectivity index (χ3n) is 4.70. The number of fused-ring (bicyclic) bond motifs is 1. The number of nitrogens with one attached hydrogen (secondary N) is 1. The molecule has 0 saturated carbocycles. The van der Waals surface area contributed by atoms with Crippen LogP contribution in [0.1, 0.15) is 27.6 Å². The van der Waals surface area contributed by atoms with E-state index < -0.39 is 0 Å². The van der Waals surface area contributed by atoms with Crippen LogP contribution in [0, 0.1) is 13.8 Å². The predicted octanol–water partition coefficient (Wildman–Crippen LogP) is 4.27. The summed E-state index contributed by atoms with van der Waals surface area (Å²) in [6.07, 6.45) is 0. The van der Waals surface area contributed by atoms with Crippen LogP contribution in [0.3, 0.4) is 0 Å². The predicted molar refractivity (Wildman–Crippen MR) is 109 cm³/mol. The van der Waals surface area contributed by atoms with E-state index in [1.807, 2.05) is 35.9 Å². The molecule has 2 aromatic carbocycles. The van der Waals surface area contributed by atoms with Crippen LogP contribution in [0.5, 0.6) is 5.75 Å². The standard InChI is InChI=1S/C21H21N3O2S/c1-13-4-6-15(7-5-13)20-19-14(2)23-24(21(19)22-18(25)12-27-20)16-8-10-17(26-3)11-9-16/h4-11,20H,12H2,1-3H3,(H,22,25). The van der Waals surface area contributed by atoms with Gasteiger partial charge in [0.1, 0.15) is 11.6 Å². The lowest BCUT2D eigenvalue weighted by Gasteiger charge is -2.15. The third-order valence-corrected chi connectivity index (χ3v) is 5.97. The van der Waals surface area contributed by atoms with Gasteiger partial charge in [-0.1, -0.05) is 29.8 Å². The molecule has 4 rings (SSSR count). The Hall–Kier alpha value is -2.73. The number of carbonyl (C=O) groups excluding carboxylic acids is 1. The lowest BCUT2D eigenvalue weighted by Crippen LogP contribution is -2.15. The minimum Gasteiger partial charge on any atom is -0.497 e. The Morgan fingerprint density at radius 3 is 2.48 bits per heavy atom. The van der Waals surface area contributed by atoms with Gasteiger partial charge in [-0.15, -0.1) is 11.8 Å². The van der Waals surface area contributed by atoms with E-state index in [0.29, 0.717) is 5.75 Å². The van der Waals surface area contributed by atoms with Gasteiger partial charge in [0.05, 0.1) is 29.5 Å². The van der Waals surface area contributed by atoms with Crippen molar-refractivity contribution in [3.05, 3.63) is 70.9 Å². The first-order chi connectivity index (χ1) is 13.1. The van der Waals surface area contributed by atoms with Gasteiger partial charge in [-0.05, 0) is 43.7 Å². The zero-order valence-electron chi connectivity index (χ0n) is 15.5. The molecule has 1 amide bonds. The number of thioether (sulfide) groups is 1. The van der Waals surface area contributed by atoms with E-state index in [0.717, 1.165) is 28.5 Å². The fourth-order valence-corrected chi connectivity index (χ4v) is 4.49. The van der Waals surface area contributed by atoms with E-state index in [2.05, 4.69) is 36.5 Å². The van der Waals surface area contributed by atoms with Gasteiger partial charge in [0.2, 0.25) is 5.91 Å². The van der Waals surface area contributed by atoms with Gasteiger partial charge >= 0.3 is 0 Å². The first kappa shape index (κ1) is 17.7. The topological polar surface area (TPSA) is 56.1 Å². The molecule has 0 bridgehead atoms. The van der Waals surface area contributed by atoms with Crippen LogP contribution in [0.15, 0.2) is 48.5 Å². The summed E-state index contributed by atoms with van der Waals surface area (Å²) >= 11 is 1.64. The quantitative estimate of drug-likeness (QED) is 0.738. The van der Waals surface area contributed by atoms with Crippen molar-refractivity contribution in [2.24, 2.45) is 0 Å². The van der Waals surface area contributed by atoms with Gasteiger partial charge in [0.25, 0.3) is 0 Å². The second kappa shape index (κ2) is 7.12. The van der Waals surface area contributed by atoms with Crippen molar-refractivity contribution in [2.45, 2.75) is 19.1 Å². The molecule has 0 fully saturated rings. The number of rotatable bonds is 3. The molecule has 0 aliphatic carbocycles. The van der Waals surface area contributed by atoms with Crippen LogP contribution in [-0.4, -0.2) is 28.6 Å². The average Bonchev–Trinajstić information content (AvgIpc) is 2.88. The minimum atomic E-state index is -0.00877. The van der Waals surface area contributed by atoms with Crippen LogP contribution in [-0.2, 0) is 4.79 Å². The molecule has 1 unspecified atom stereocenters. The lowest BCUT2D eigenvalue weighted by atomic mass is 10.0. The Balaban J connectivity index is 1.84. The second-order valence-corrected chi connectivity index (χ2v) is 7.70. The van der Waals surface area contributed by atoms with Gasteiger partial charge in [-0.3, -0.25) is 4.79 Å². The first-order valence-electron chi connectivity index (χ1n) is 8.79. The van der Waals surface area contributed by atoms with Crippen molar-refractivity contribution in [1.29, 1.82) is 0 Å². The highest BCUT2D eigenvalue weighted by molar-refractivity contribution is 8.00. The maximum absolute atomic E-state index is 12.4. The number of methoxy groups -OCH3 is 1. The molecule has 0 radical (unpaired) electrons. The maximum atomic E-state index is 12.4. The molecule has 138 valence electrons. The molecular weight excluding hydrogens is 358 g/mol. The smallest absolute Gasteiger partial charge is 0.235 e. The number of hydrogen-bond donors (Lipinski definition) is 1. The molecule has 1 N–H and O–H groups in total. The highest BCUT2D eigenvalue weighted by Crippen LogP contribution is 2.43. The van der Waals surface area contributed by atoms with Crippen molar-refractivity contribution in [1.82, 2.24) is 9.78 Å². The molecule has 5 nitrogen and oxygen atoms in total. The number of carbonyl (C=O) groups is 1. The van der Waals surface area contributed by atoms with Gasteiger partial charge in [0, 0.05) is 5.56 Å². The third kappa shape index (κ3) is 3.32. The average molecular weight is 379 g/mol. The summed E-state index contributed by atoms with van der Waals surface area (Å²) < 4.78 is 7.06. The number of aryl methyl sites for hydroxylation is 2. The number of anilines is 1. The number of ether oxygens (including phenoxy) is 1. The van der Waals surface area contributed by atoms with Crippen LogP contribution in [0.4, 0.5) is 5.82 Å². The zero-order chi connectivity index (χ0) is 19.0. The summed E-state index contributed by atoms with van der Waals surface area (Å²) in [7, 11) is 1.64. The molecule has 3 aromatic rings. The summed E-state index contributed by atoms with van der Waals surface area (Å²) in [5.74, 6) is 1.93. The molecule has 1 aromatic heterocycles. The molecule has 0 spiro atoms. The Morgan fingerprint density at radius 2 is 1.81 bits per heavy atom.